The van der Waals surface area contributed by atoms with Crippen LogP contribution in [0.15, 0.2) is 106 Å². The van der Waals surface area contributed by atoms with E-state index >= 15 is 0 Å². The van der Waals surface area contributed by atoms with Crippen LogP contribution in [0.3, 0.4) is 0 Å². The van der Waals surface area contributed by atoms with Gasteiger partial charge in [0.05, 0.1) is 77.1 Å². The average molecular weight is 917 g/mol. The molecule has 6 aromatic heterocycles. The summed E-state index contributed by atoms with van der Waals surface area (Å²) in [6, 6.07) is 22.7. The van der Waals surface area contributed by atoms with Gasteiger partial charge in [0.2, 0.25) is 11.5 Å². The molecule has 8 aromatic rings. The molecule has 0 saturated heterocycles. The molecule has 17 nitrogen and oxygen atoms in total. The van der Waals surface area contributed by atoms with Crippen LogP contribution in [0.2, 0.25) is 0 Å². The fourth-order valence-electron chi connectivity index (χ4n) is 6.57. The van der Waals surface area contributed by atoms with Gasteiger partial charge in [-0.05, 0) is 66.9 Å². The molecule has 6 heterocycles. The van der Waals surface area contributed by atoms with Gasteiger partial charge in [0.15, 0.2) is 0 Å². The van der Waals surface area contributed by atoms with Crippen molar-refractivity contribution in [2.45, 2.75) is 59.5 Å². The van der Waals surface area contributed by atoms with Crippen molar-refractivity contribution in [2.24, 2.45) is 0 Å². The first-order valence-corrected chi connectivity index (χ1v) is 21.9. The summed E-state index contributed by atoms with van der Waals surface area (Å²) in [5, 5.41) is 30.1. The summed E-state index contributed by atoms with van der Waals surface area (Å²) in [4.78, 5) is 51.3. The molecule has 0 aliphatic carbocycles. The van der Waals surface area contributed by atoms with E-state index in [9.17, 15) is 24.3 Å². The van der Waals surface area contributed by atoms with Crippen LogP contribution in [0.25, 0.3) is 31.8 Å². The minimum absolute atomic E-state index is 0. The zero-order chi connectivity index (χ0) is 43.6. The largest absolute Gasteiger partial charge is 1.00 e. The average Bonchev–Trinajstić information content (AvgIpc) is 4.13. The van der Waals surface area contributed by atoms with Gasteiger partial charge >= 0.3 is 41.5 Å². The molecule has 0 bridgehead atoms. The molecule has 0 radical (unpaired) electrons. The first-order chi connectivity index (χ1) is 30.2. The maximum Gasteiger partial charge on any atom is 1.00 e. The van der Waals surface area contributed by atoms with Gasteiger partial charge in [-0.25, -0.2) is 19.0 Å². The molecule has 8 rings (SSSR count). The second-order valence-electron chi connectivity index (χ2n) is 13.9. The number of pyridine rings is 2. The Hall–Kier alpha value is -5.96. The van der Waals surface area contributed by atoms with Crippen LogP contribution in [0.4, 0.5) is 0 Å². The summed E-state index contributed by atoms with van der Waals surface area (Å²) in [6.07, 6.45) is 6.83. The van der Waals surface area contributed by atoms with Crippen LogP contribution in [-0.4, -0.2) is 81.5 Å². The molecular formula is C44H45N8NaO9S2. The number of thiophene rings is 2. The smallest absolute Gasteiger partial charge is 0.870 e. The second-order valence-corrected chi connectivity index (χ2v) is 15.7. The number of carbonyl (C=O) groups is 2. The van der Waals surface area contributed by atoms with Gasteiger partial charge in [-0.2, -0.15) is 0 Å². The first-order valence-electron chi connectivity index (χ1n) is 20.1. The van der Waals surface area contributed by atoms with E-state index in [0.29, 0.717) is 38.4 Å². The van der Waals surface area contributed by atoms with Gasteiger partial charge in [-0.1, -0.05) is 73.5 Å². The number of aromatic carboxylic acids is 1. The summed E-state index contributed by atoms with van der Waals surface area (Å²) in [7, 11) is 0. The minimum Gasteiger partial charge on any atom is -0.870 e. The van der Waals surface area contributed by atoms with Crippen molar-refractivity contribution in [1.82, 2.24) is 39.1 Å². The predicted molar refractivity (Wildman–Crippen MR) is 239 cm³/mol. The number of esters is 1. The van der Waals surface area contributed by atoms with Gasteiger partial charge in [0.25, 0.3) is 11.1 Å². The Labute approximate surface area is 397 Å². The van der Waals surface area contributed by atoms with E-state index in [-0.39, 0.29) is 89.5 Å². The third kappa shape index (κ3) is 10.9. The quantitative estimate of drug-likeness (QED) is 0.0760. The number of hydrogen-bond donors (Lipinski definition) is 1. The van der Waals surface area contributed by atoms with Gasteiger partial charge in [0, 0.05) is 0 Å². The summed E-state index contributed by atoms with van der Waals surface area (Å²) < 4.78 is 24.3. The molecule has 2 aromatic carbocycles. The van der Waals surface area contributed by atoms with Gasteiger partial charge in [-0.3, -0.25) is 18.7 Å². The molecule has 0 aliphatic heterocycles. The van der Waals surface area contributed by atoms with Crippen LogP contribution in [0, 0.1) is 0 Å². The third-order valence-electron chi connectivity index (χ3n) is 9.60. The normalized spacial score (nSPS) is 10.7. The van der Waals surface area contributed by atoms with Crippen LogP contribution >= 0.6 is 22.7 Å². The van der Waals surface area contributed by atoms with Crippen molar-refractivity contribution in [3.63, 3.8) is 0 Å². The van der Waals surface area contributed by atoms with E-state index in [1.807, 2.05) is 86.0 Å². The van der Waals surface area contributed by atoms with Crippen molar-refractivity contribution in [1.29, 1.82) is 0 Å². The third-order valence-corrected chi connectivity index (χ3v) is 11.4. The number of aromatic nitrogens is 8. The van der Waals surface area contributed by atoms with Crippen molar-refractivity contribution in [2.75, 3.05) is 19.8 Å². The van der Waals surface area contributed by atoms with Gasteiger partial charge in [-0.15, -0.1) is 32.9 Å². The molecule has 0 amide bonds. The maximum atomic E-state index is 13.5. The number of unbranched alkanes of at least 4 members (excludes halogenated alkanes) is 2. The van der Waals surface area contributed by atoms with E-state index in [1.165, 1.54) is 27.2 Å². The topological polar surface area (TPSA) is 217 Å². The summed E-state index contributed by atoms with van der Waals surface area (Å²) in [5.74, 6) is -1.82. The molecule has 0 spiro atoms. The molecule has 64 heavy (non-hydrogen) atoms. The SMILES string of the molecule is CCCCOc1c(C(=O)O)c2sccc2n(Cc2cn(-c3ccccc3)nn2)c1=O.CCCCOc1c(C(=O)OCC)c2sccc2n(Cc2cn(-c3ccccc3)nn2)c1=O.[Na+].[OH-]. The second kappa shape index (κ2) is 23.1. The molecule has 0 atom stereocenters. The van der Waals surface area contributed by atoms with E-state index < -0.39 is 17.5 Å². The van der Waals surface area contributed by atoms with E-state index in [0.717, 1.165) is 37.1 Å². The number of ether oxygens (including phenoxy) is 3. The number of benzene rings is 2. The number of carboxylic acid groups (broad SMARTS) is 1. The number of rotatable bonds is 17. The van der Waals surface area contributed by atoms with Gasteiger partial charge < -0.3 is 24.8 Å². The van der Waals surface area contributed by atoms with Gasteiger partial charge in [0.1, 0.15) is 22.5 Å². The van der Waals surface area contributed by atoms with E-state index in [1.54, 1.807) is 44.7 Å². The Morgan fingerprint density at radius 2 is 1.09 bits per heavy atom. The van der Waals surface area contributed by atoms with Crippen molar-refractivity contribution in [3.05, 3.63) is 139 Å². The number of nitrogens with zero attached hydrogens (tertiary/aromatic N) is 8. The summed E-state index contributed by atoms with van der Waals surface area (Å²) >= 11 is 2.64. The van der Waals surface area contributed by atoms with Crippen LogP contribution in [-0.2, 0) is 17.8 Å². The molecule has 0 unspecified atom stereocenters. The van der Waals surface area contributed by atoms with Crippen LogP contribution < -0.4 is 50.1 Å². The zero-order valence-electron chi connectivity index (χ0n) is 35.7. The predicted octanol–water partition coefficient (Wildman–Crippen LogP) is 4.44. The monoisotopic (exact) mass is 916 g/mol. The Morgan fingerprint density at radius 1 is 0.656 bits per heavy atom. The Bertz CT molecular complexity index is 2930. The number of fused-ring (bicyclic) bond motifs is 2. The molecule has 328 valence electrons. The maximum absolute atomic E-state index is 13.5. The molecule has 0 saturated carbocycles. The Morgan fingerprint density at radius 3 is 1.52 bits per heavy atom. The standard InChI is InChI=1S/C23H24N4O4S.C21H20N4O4S.Na.H2O/c1-3-5-12-31-20-19(23(29)30-4-2)21-18(11-13-32-21)26(22(20)28)14-16-15-27(25-24-16)17-9-7-6-8-10-17;1-2-3-10-29-18-17(21(27)28)19-16(9-11-30-19)24(20(18)26)12-14-13-25(23-22-14)15-7-5-4-6-8-15;;/h6-11,13,15H,3-5,12,14H2,1-2H3;4-9,11,13H,2-3,10,12H2,1H3,(H,27,28);;1H2/q;;+1;/p-1. The number of carbonyl (C=O) groups excluding carboxylic acids is 1. The summed E-state index contributed by atoms with van der Waals surface area (Å²) in [6.45, 7) is 6.97. The first kappa shape index (κ1) is 49.1. The van der Waals surface area contributed by atoms with Crippen molar-refractivity contribution in [3.8, 4) is 22.9 Å². The molecular weight excluding hydrogens is 872 g/mol. The Balaban J connectivity index is 0.000000234. The molecule has 2 N–H and O–H groups in total. The van der Waals surface area contributed by atoms with Crippen LogP contribution in [0.5, 0.6) is 11.5 Å². The summed E-state index contributed by atoms with van der Waals surface area (Å²) in [5.41, 5.74) is 3.36. The van der Waals surface area contributed by atoms with Crippen molar-refractivity contribution < 1.29 is 63.9 Å². The fourth-order valence-corrected chi connectivity index (χ4v) is 8.43. The van der Waals surface area contributed by atoms with Crippen LogP contribution in [0.1, 0.15) is 78.6 Å². The number of carboxylic acids is 1. The molecule has 0 fully saturated rings. The molecule has 20 heteroatoms. The molecule has 0 aliphatic rings. The fraction of sp³-hybridized carbons (Fsp3) is 0.273. The Kier molecular flexibility index (Phi) is 17.7. The number of para-hydroxylation sites is 2. The van der Waals surface area contributed by atoms with E-state index in [4.69, 9.17) is 14.2 Å². The zero-order valence-corrected chi connectivity index (χ0v) is 39.4. The van der Waals surface area contributed by atoms with Crippen molar-refractivity contribution >= 4 is 55.0 Å². The number of hydrogen-bond acceptors (Lipinski definition) is 14. The van der Waals surface area contributed by atoms with E-state index in [2.05, 4.69) is 20.6 Å². The minimum atomic E-state index is -1.17.